The summed E-state index contributed by atoms with van der Waals surface area (Å²) in [6, 6.07) is 15.5. The number of aromatic nitrogens is 2. The SMILES string of the molecule is CCC(CC)NC(=O)c1cnc(-c2cccc(C3=CC(C(=O)N[C@@H](C)[C@@H]4CCCO4)=NC3)c2)o1.CCC(CC)NC(=O)c1cnc(-c2cccc(C3=CC(C(=O)N[C@@H](C)[C@H]4CCCO4)=NC3)c2)o1. The van der Waals surface area contributed by atoms with Gasteiger partial charge in [0, 0.05) is 36.4 Å². The summed E-state index contributed by atoms with van der Waals surface area (Å²) in [7, 11) is 0. The van der Waals surface area contributed by atoms with E-state index in [1.807, 2.05) is 102 Å². The number of carbonyl (C=O) groups is 4. The summed E-state index contributed by atoms with van der Waals surface area (Å²) in [4.78, 5) is 67.6. The zero-order valence-corrected chi connectivity index (χ0v) is 39.9. The van der Waals surface area contributed by atoms with E-state index in [4.69, 9.17) is 18.3 Å². The molecule has 16 nitrogen and oxygen atoms in total. The minimum Gasteiger partial charge on any atom is -0.431 e. The molecular formula is C52H64N8O8. The molecule has 0 saturated carbocycles. The van der Waals surface area contributed by atoms with E-state index in [1.165, 1.54) is 12.4 Å². The maximum absolute atomic E-state index is 12.7. The molecule has 4 atom stereocenters. The number of amides is 4. The quantitative estimate of drug-likeness (QED) is 0.0769. The average Bonchev–Trinajstić information content (AvgIpc) is 4.22. The van der Waals surface area contributed by atoms with E-state index in [0.29, 0.717) is 36.3 Å². The van der Waals surface area contributed by atoms with E-state index >= 15 is 0 Å². The Labute approximate surface area is 398 Å². The fourth-order valence-electron chi connectivity index (χ4n) is 8.45. The number of oxazole rings is 2. The Morgan fingerprint density at radius 2 is 0.971 bits per heavy atom. The molecule has 0 aliphatic carbocycles. The van der Waals surface area contributed by atoms with Crippen molar-refractivity contribution >= 4 is 46.2 Å². The fourth-order valence-corrected chi connectivity index (χ4v) is 8.45. The van der Waals surface area contributed by atoms with Gasteiger partial charge in [0.15, 0.2) is 0 Å². The van der Waals surface area contributed by atoms with Crippen molar-refractivity contribution < 1.29 is 37.5 Å². The van der Waals surface area contributed by atoms with Gasteiger partial charge in [0.05, 0.1) is 49.8 Å². The lowest BCUT2D eigenvalue weighted by Gasteiger charge is -2.19. The van der Waals surface area contributed by atoms with Gasteiger partial charge in [-0.25, -0.2) is 9.97 Å². The van der Waals surface area contributed by atoms with Crippen LogP contribution in [0.15, 0.2) is 91.9 Å². The van der Waals surface area contributed by atoms with Crippen LogP contribution in [0.2, 0.25) is 0 Å². The second-order valence-electron chi connectivity index (χ2n) is 17.6. The lowest BCUT2D eigenvalue weighted by atomic mass is 10.0. The van der Waals surface area contributed by atoms with Crippen LogP contribution in [0.1, 0.15) is 125 Å². The van der Waals surface area contributed by atoms with Crippen LogP contribution in [0.5, 0.6) is 0 Å². The molecule has 16 heteroatoms. The predicted octanol–water partition coefficient (Wildman–Crippen LogP) is 7.56. The van der Waals surface area contributed by atoms with Crippen LogP contribution in [0.3, 0.4) is 0 Å². The second kappa shape index (κ2) is 23.5. The zero-order chi connectivity index (χ0) is 48.2. The highest BCUT2D eigenvalue weighted by Crippen LogP contribution is 2.28. The Kier molecular flexibility index (Phi) is 17.0. The van der Waals surface area contributed by atoms with Gasteiger partial charge in [-0.3, -0.25) is 29.2 Å². The van der Waals surface area contributed by atoms with Gasteiger partial charge in [-0.05, 0) is 124 Å². The highest BCUT2D eigenvalue weighted by Gasteiger charge is 2.28. The van der Waals surface area contributed by atoms with Gasteiger partial charge in [-0.15, -0.1) is 0 Å². The van der Waals surface area contributed by atoms with E-state index < -0.39 is 0 Å². The number of aliphatic imine (C=N–C) groups is 2. The lowest BCUT2D eigenvalue weighted by molar-refractivity contribution is -0.116. The van der Waals surface area contributed by atoms with E-state index in [0.717, 1.165) is 98.0 Å². The number of hydrogen-bond acceptors (Lipinski definition) is 12. The second-order valence-corrected chi connectivity index (χ2v) is 17.6. The zero-order valence-electron chi connectivity index (χ0n) is 39.9. The molecule has 2 aromatic heterocycles. The molecule has 0 unspecified atom stereocenters. The van der Waals surface area contributed by atoms with Crippen LogP contribution < -0.4 is 21.3 Å². The Bertz CT molecular complexity index is 2360. The predicted molar refractivity (Wildman–Crippen MR) is 261 cm³/mol. The standard InChI is InChI=1S/2C26H32N4O4/c2*1-4-20(5-2)30-25(32)23-15-28-26(34-23)18-9-6-8-17(12-18)19-13-21(27-14-19)24(31)29-16(3)22-10-7-11-33-22/h2*6,8-9,12-13,15-16,20,22H,4-5,7,10-11,14H2,1-3H3,(H,29,31)(H,30,32)/t16-,22+;16-,22-/m00/s1. The molecule has 6 heterocycles. The van der Waals surface area contributed by atoms with Gasteiger partial charge in [0.25, 0.3) is 23.6 Å². The van der Waals surface area contributed by atoms with E-state index in [-0.39, 0.29) is 71.5 Å². The minimum absolute atomic E-state index is 0.0557. The van der Waals surface area contributed by atoms with E-state index in [9.17, 15) is 19.2 Å². The Morgan fingerprint density at radius 3 is 1.34 bits per heavy atom. The van der Waals surface area contributed by atoms with Crippen molar-refractivity contribution in [3.8, 4) is 22.9 Å². The number of nitrogens with zero attached hydrogens (tertiary/aromatic N) is 4. The number of ether oxygens (including phenoxy) is 2. The van der Waals surface area contributed by atoms with Crippen molar-refractivity contribution in [3.05, 3.63) is 95.7 Å². The van der Waals surface area contributed by atoms with Crippen molar-refractivity contribution in [2.75, 3.05) is 26.3 Å². The first kappa shape index (κ1) is 49.4. The van der Waals surface area contributed by atoms with Crippen LogP contribution >= 0.6 is 0 Å². The van der Waals surface area contributed by atoms with Crippen molar-refractivity contribution in [2.45, 2.75) is 129 Å². The molecule has 2 fully saturated rings. The number of nitrogens with one attached hydrogen (secondary N) is 4. The van der Waals surface area contributed by atoms with Crippen LogP contribution in [-0.2, 0) is 19.1 Å². The number of carbonyl (C=O) groups excluding carboxylic acids is 4. The monoisotopic (exact) mass is 928 g/mol. The summed E-state index contributed by atoms with van der Waals surface area (Å²) in [6.45, 7) is 14.4. The third-order valence-corrected chi connectivity index (χ3v) is 12.8. The van der Waals surface area contributed by atoms with Gasteiger partial charge in [0.1, 0.15) is 11.4 Å². The van der Waals surface area contributed by atoms with Gasteiger partial charge in [-0.1, -0.05) is 52.0 Å². The lowest BCUT2D eigenvalue weighted by Crippen LogP contribution is -2.43. The maximum Gasteiger partial charge on any atom is 0.288 e. The van der Waals surface area contributed by atoms with Gasteiger partial charge >= 0.3 is 0 Å². The summed E-state index contributed by atoms with van der Waals surface area (Å²) in [5.41, 5.74) is 6.08. The first-order chi connectivity index (χ1) is 33.0. The molecule has 4 amide bonds. The molecule has 0 radical (unpaired) electrons. The summed E-state index contributed by atoms with van der Waals surface area (Å²) in [6.07, 6.45) is 14.1. The van der Waals surface area contributed by atoms with E-state index in [1.54, 1.807) is 0 Å². The molecule has 4 N–H and O–H groups in total. The fraction of sp³-hybridized carbons (Fsp3) is 0.462. The topological polar surface area (TPSA) is 212 Å². The molecule has 360 valence electrons. The minimum atomic E-state index is -0.261. The van der Waals surface area contributed by atoms with Gasteiger partial charge in [-0.2, -0.15) is 0 Å². The molecule has 0 bridgehead atoms. The summed E-state index contributed by atoms with van der Waals surface area (Å²) < 4.78 is 22.8. The largest absolute Gasteiger partial charge is 0.431 e. The van der Waals surface area contributed by atoms with Crippen molar-refractivity contribution in [3.63, 3.8) is 0 Å². The first-order valence-electron chi connectivity index (χ1n) is 24.1. The molecule has 2 saturated heterocycles. The summed E-state index contributed by atoms with van der Waals surface area (Å²) >= 11 is 0. The van der Waals surface area contributed by atoms with Crippen LogP contribution in [0, 0.1) is 0 Å². The summed E-state index contributed by atoms with van der Waals surface area (Å²) in [5.74, 6) is 0.237. The summed E-state index contributed by atoms with van der Waals surface area (Å²) in [5, 5.41) is 11.9. The van der Waals surface area contributed by atoms with Crippen LogP contribution in [0.4, 0.5) is 0 Å². The Morgan fingerprint density at radius 1 is 0.574 bits per heavy atom. The van der Waals surface area contributed by atoms with Gasteiger partial charge < -0.3 is 39.6 Å². The van der Waals surface area contributed by atoms with Crippen molar-refractivity contribution in [1.82, 2.24) is 31.2 Å². The molecule has 68 heavy (non-hydrogen) atoms. The van der Waals surface area contributed by atoms with Crippen molar-refractivity contribution in [1.29, 1.82) is 0 Å². The van der Waals surface area contributed by atoms with Crippen LogP contribution in [-0.4, -0.2) is 108 Å². The van der Waals surface area contributed by atoms with Crippen molar-refractivity contribution in [2.24, 2.45) is 9.98 Å². The first-order valence-corrected chi connectivity index (χ1v) is 24.1. The number of benzene rings is 2. The normalized spacial score (nSPS) is 18.5. The van der Waals surface area contributed by atoms with Gasteiger partial charge in [0.2, 0.25) is 23.3 Å². The maximum atomic E-state index is 12.7. The highest BCUT2D eigenvalue weighted by molar-refractivity contribution is 6.46. The Balaban J connectivity index is 0.000000201. The Hall–Kier alpha value is -6.52. The molecule has 2 aromatic carbocycles. The molecule has 4 aromatic rings. The third kappa shape index (κ3) is 12.5. The highest BCUT2D eigenvalue weighted by atomic mass is 16.5. The number of hydrogen-bond donors (Lipinski definition) is 4. The molecule has 0 spiro atoms. The number of rotatable bonds is 18. The molecule has 4 aliphatic heterocycles. The third-order valence-electron chi connectivity index (χ3n) is 12.8. The van der Waals surface area contributed by atoms with Crippen LogP contribution in [0.25, 0.3) is 34.1 Å². The molecular weight excluding hydrogens is 865 g/mol. The molecule has 4 aliphatic rings. The van der Waals surface area contributed by atoms with E-state index in [2.05, 4.69) is 41.2 Å². The average molecular weight is 929 g/mol. The smallest absolute Gasteiger partial charge is 0.288 e. The molecule has 8 rings (SSSR count).